The molecule has 0 fully saturated rings. The highest BCUT2D eigenvalue weighted by atomic mass is 15.3. The Bertz CT molecular complexity index is 517. The molecule has 2 aromatic heterocycles. The van der Waals surface area contributed by atoms with Gasteiger partial charge in [-0.15, -0.1) is 0 Å². The molecule has 0 aliphatic carbocycles. The van der Waals surface area contributed by atoms with Crippen LogP contribution >= 0.6 is 0 Å². The first kappa shape index (κ1) is 8.91. The number of hydrogen-bond acceptors (Lipinski definition) is 2. The number of benzene rings is 1. The monoisotopic (exact) mass is 210 g/mol. The van der Waals surface area contributed by atoms with Crippen molar-refractivity contribution in [3.8, 4) is 11.4 Å². The quantitative estimate of drug-likeness (QED) is 0.649. The molecule has 0 aliphatic heterocycles. The third-order valence-electron chi connectivity index (χ3n) is 2.40. The van der Waals surface area contributed by atoms with Gasteiger partial charge in [0, 0.05) is 30.5 Å². The second-order valence-electron chi connectivity index (χ2n) is 3.44. The van der Waals surface area contributed by atoms with E-state index in [9.17, 15) is 0 Å². The lowest BCUT2D eigenvalue weighted by Crippen LogP contribution is -1.96. The van der Waals surface area contributed by atoms with Crippen LogP contribution in [0.1, 0.15) is 0 Å². The molecule has 1 aromatic carbocycles. The Hall–Kier alpha value is -2.36. The zero-order valence-electron chi connectivity index (χ0n) is 8.56. The van der Waals surface area contributed by atoms with Gasteiger partial charge < -0.3 is 4.57 Å². The summed E-state index contributed by atoms with van der Waals surface area (Å²) in [6.07, 6.45) is 9.15. The molecule has 4 heteroatoms. The van der Waals surface area contributed by atoms with E-state index >= 15 is 0 Å². The van der Waals surface area contributed by atoms with Crippen LogP contribution in [0.2, 0.25) is 0 Å². The predicted octanol–water partition coefficient (Wildman–Crippen LogP) is 2.06. The van der Waals surface area contributed by atoms with Crippen molar-refractivity contribution < 1.29 is 0 Å². The highest BCUT2D eigenvalue weighted by molar-refractivity contribution is 5.43. The molecule has 0 unspecified atom stereocenters. The van der Waals surface area contributed by atoms with Crippen LogP contribution in [0, 0.1) is 0 Å². The number of nitrogens with zero attached hydrogens (tertiary/aromatic N) is 4. The van der Waals surface area contributed by atoms with Crippen molar-refractivity contribution >= 4 is 0 Å². The average Bonchev–Trinajstić information content (AvgIpc) is 3.03. The molecule has 0 N–H and O–H groups in total. The number of hydrogen-bond donors (Lipinski definition) is 0. The maximum absolute atomic E-state index is 4.20. The zero-order valence-corrected chi connectivity index (χ0v) is 8.56. The van der Waals surface area contributed by atoms with Crippen molar-refractivity contribution in [2.45, 2.75) is 0 Å². The normalized spacial score (nSPS) is 10.5. The van der Waals surface area contributed by atoms with Crippen LogP contribution in [0.5, 0.6) is 0 Å². The van der Waals surface area contributed by atoms with Gasteiger partial charge in [-0.1, -0.05) is 6.07 Å². The maximum atomic E-state index is 4.20. The van der Waals surface area contributed by atoms with E-state index in [1.54, 1.807) is 18.7 Å². The summed E-state index contributed by atoms with van der Waals surface area (Å²) in [4.78, 5) is 4.03. The molecule has 0 aliphatic rings. The molecule has 16 heavy (non-hydrogen) atoms. The van der Waals surface area contributed by atoms with Crippen molar-refractivity contribution in [1.29, 1.82) is 0 Å². The summed E-state index contributed by atoms with van der Waals surface area (Å²) >= 11 is 0. The minimum atomic E-state index is 1.04. The summed E-state index contributed by atoms with van der Waals surface area (Å²) < 4.78 is 3.80. The Morgan fingerprint density at radius 3 is 2.62 bits per heavy atom. The van der Waals surface area contributed by atoms with Gasteiger partial charge in [0.1, 0.15) is 0 Å². The van der Waals surface area contributed by atoms with Crippen molar-refractivity contribution in [2.24, 2.45) is 0 Å². The molecule has 0 amide bonds. The molecule has 3 rings (SSSR count). The third kappa shape index (κ3) is 1.50. The van der Waals surface area contributed by atoms with Crippen LogP contribution in [-0.4, -0.2) is 19.3 Å². The van der Waals surface area contributed by atoms with Crippen molar-refractivity contribution in [1.82, 2.24) is 19.3 Å². The highest BCUT2D eigenvalue weighted by Crippen LogP contribution is 2.12. The van der Waals surface area contributed by atoms with Gasteiger partial charge in [-0.3, -0.25) is 0 Å². The standard InChI is InChI=1S/C12H10N4/c1-3-11(15-8-6-13-10-15)9-12(4-1)16-7-2-5-14-16/h1-10H. The summed E-state index contributed by atoms with van der Waals surface area (Å²) in [6, 6.07) is 10.0. The first-order valence-corrected chi connectivity index (χ1v) is 5.02. The number of aromatic nitrogens is 4. The van der Waals surface area contributed by atoms with E-state index in [0.717, 1.165) is 11.4 Å². The minimum absolute atomic E-state index is 1.04. The summed E-state index contributed by atoms with van der Waals surface area (Å²) in [7, 11) is 0. The number of imidazole rings is 1. The summed E-state index contributed by atoms with van der Waals surface area (Å²) in [6.45, 7) is 0. The fourth-order valence-electron chi connectivity index (χ4n) is 1.63. The van der Waals surface area contributed by atoms with E-state index < -0.39 is 0 Å². The van der Waals surface area contributed by atoms with Gasteiger partial charge in [0.25, 0.3) is 0 Å². The predicted molar refractivity (Wildman–Crippen MR) is 60.7 cm³/mol. The summed E-state index contributed by atoms with van der Waals surface area (Å²) in [5.74, 6) is 0. The molecule has 0 spiro atoms. The Kier molecular flexibility index (Phi) is 2.04. The smallest absolute Gasteiger partial charge is 0.0991 e. The van der Waals surface area contributed by atoms with Crippen LogP contribution in [-0.2, 0) is 0 Å². The van der Waals surface area contributed by atoms with E-state index in [0.29, 0.717) is 0 Å². The first-order valence-electron chi connectivity index (χ1n) is 5.02. The van der Waals surface area contributed by atoms with Gasteiger partial charge in [-0.25, -0.2) is 9.67 Å². The van der Waals surface area contributed by atoms with Crippen LogP contribution in [0.15, 0.2) is 61.4 Å². The van der Waals surface area contributed by atoms with Crippen LogP contribution < -0.4 is 0 Å². The van der Waals surface area contributed by atoms with E-state index in [4.69, 9.17) is 0 Å². The molecule has 78 valence electrons. The highest BCUT2D eigenvalue weighted by Gasteiger charge is 1.99. The third-order valence-corrected chi connectivity index (χ3v) is 2.40. The molecular weight excluding hydrogens is 200 g/mol. The Morgan fingerprint density at radius 2 is 1.88 bits per heavy atom. The Morgan fingerprint density at radius 1 is 0.938 bits per heavy atom. The SMILES string of the molecule is c1cc(-n2ccnc2)cc(-n2cccn2)c1. The van der Waals surface area contributed by atoms with Crippen LogP contribution in [0.4, 0.5) is 0 Å². The molecule has 4 nitrogen and oxygen atoms in total. The molecule has 0 saturated heterocycles. The van der Waals surface area contributed by atoms with Gasteiger partial charge in [-0.05, 0) is 24.3 Å². The topological polar surface area (TPSA) is 35.6 Å². The Labute approximate surface area is 92.8 Å². The largest absolute Gasteiger partial charge is 0.306 e. The lowest BCUT2D eigenvalue weighted by molar-refractivity contribution is 0.877. The molecule has 0 bridgehead atoms. The fourth-order valence-corrected chi connectivity index (χ4v) is 1.63. The van der Waals surface area contributed by atoms with Crippen molar-refractivity contribution in [3.05, 3.63) is 61.4 Å². The summed E-state index contributed by atoms with van der Waals surface area (Å²) in [5.41, 5.74) is 2.11. The number of rotatable bonds is 2. The van der Waals surface area contributed by atoms with Gasteiger partial charge in [0.05, 0.1) is 12.0 Å². The molecule has 2 heterocycles. The molecule has 3 aromatic rings. The van der Waals surface area contributed by atoms with E-state index in [1.165, 1.54) is 0 Å². The lowest BCUT2D eigenvalue weighted by Gasteiger charge is -2.05. The molecule has 0 saturated carbocycles. The van der Waals surface area contributed by atoms with Gasteiger partial charge in [0.15, 0.2) is 0 Å². The van der Waals surface area contributed by atoms with E-state index in [-0.39, 0.29) is 0 Å². The van der Waals surface area contributed by atoms with Crippen molar-refractivity contribution in [3.63, 3.8) is 0 Å². The fraction of sp³-hybridized carbons (Fsp3) is 0. The molecule has 0 atom stereocenters. The van der Waals surface area contributed by atoms with Gasteiger partial charge in [0.2, 0.25) is 0 Å². The second kappa shape index (κ2) is 3.66. The van der Waals surface area contributed by atoms with E-state index in [2.05, 4.69) is 16.1 Å². The maximum Gasteiger partial charge on any atom is 0.0991 e. The Balaban J connectivity index is 2.07. The first-order chi connectivity index (χ1) is 7.93. The minimum Gasteiger partial charge on any atom is -0.306 e. The summed E-state index contributed by atoms with van der Waals surface area (Å²) in [5, 5.41) is 4.20. The zero-order chi connectivity index (χ0) is 10.8. The van der Waals surface area contributed by atoms with Crippen LogP contribution in [0.3, 0.4) is 0 Å². The van der Waals surface area contributed by atoms with Crippen molar-refractivity contribution in [2.75, 3.05) is 0 Å². The molecule has 0 radical (unpaired) electrons. The van der Waals surface area contributed by atoms with Gasteiger partial charge >= 0.3 is 0 Å². The van der Waals surface area contributed by atoms with E-state index in [1.807, 2.05) is 45.9 Å². The second-order valence-corrected chi connectivity index (χ2v) is 3.44. The molecular formula is C12H10N4. The average molecular weight is 210 g/mol. The lowest BCUT2D eigenvalue weighted by atomic mass is 10.3. The van der Waals surface area contributed by atoms with Crippen LogP contribution in [0.25, 0.3) is 11.4 Å². The van der Waals surface area contributed by atoms with Gasteiger partial charge in [-0.2, -0.15) is 5.10 Å².